The van der Waals surface area contributed by atoms with E-state index < -0.39 is 0 Å². The van der Waals surface area contributed by atoms with Gasteiger partial charge in [0, 0.05) is 31.2 Å². The average Bonchev–Trinajstić information content (AvgIpc) is 3.24. The third-order valence-electron chi connectivity index (χ3n) is 3.94. The van der Waals surface area contributed by atoms with Gasteiger partial charge in [0.1, 0.15) is 0 Å². The van der Waals surface area contributed by atoms with Gasteiger partial charge < -0.3 is 5.32 Å². The van der Waals surface area contributed by atoms with Gasteiger partial charge in [-0.2, -0.15) is 10.2 Å². The second kappa shape index (κ2) is 6.58. The highest BCUT2D eigenvalue weighted by Crippen LogP contribution is 2.10. The molecule has 1 aromatic carbocycles. The van der Waals surface area contributed by atoms with E-state index in [0.29, 0.717) is 12.1 Å². The van der Waals surface area contributed by atoms with E-state index in [4.69, 9.17) is 0 Å². The number of para-hydroxylation sites is 1. The van der Waals surface area contributed by atoms with Crippen molar-refractivity contribution in [2.24, 2.45) is 0 Å². The van der Waals surface area contributed by atoms with Crippen LogP contribution in [0, 0.1) is 0 Å². The number of rotatable bonds is 6. The molecule has 2 aromatic heterocycles. The van der Waals surface area contributed by atoms with Crippen molar-refractivity contribution in [2.45, 2.75) is 32.5 Å². The molecule has 2 heterocycles. The molecule has 0 saturated heterocycles. The molecular weight excluding hydrogens is 274 g/mol. The highest BCUT2D eigenvalue weighted by atomic mass is 15.3. The van der Waals surface area contributed by atoms with E-state index in [0.717, 1.165) is 17.9 Å². The molecule has 22 heavy (non-hydrogen) atoms. The van der Waals surface area contributed by atoms with Crippen molar-refractivity contribution in [1.29, 1.82) is 0 Å². The molecule has 5 nitrogen and oxygen atoms in total. The second-order valence-corrected chi connectivity index (χ2v) is 5.48. The maximum Gasteiger partial charge on any atom is 0.0766 e. The smallest absolute Gasteiger partial charge is 0.0766 e. The van der Waals surface area contributed by atoms with Crippen molar-refractivity contribution < 1.29 is 0 Å². The Morgan fingerprint density at radius 2 is 1.86 bits per heavy atom. The van der Waals surface area contributed by atoms with Crippen LogP contribution >= 0.6 is 0 Å². The summed E-state index contributed by atoms with van der Waals surface area (Å²) >= 11 is 0. The quantitative estimate of drug-likeness (QED) is 0.760. The van der Waals surface area contributed by atoms with E-state index >= 15 is 0 Å². The van der Waals surface area contributed by atoms with Crippen LogP contribution < -0.4 is 5.32 Å². The van der Waals surface area contributed by atoms with Crippen molar-refractivity contribution in [3.8, 4) is 5.69 Å². The van der Waals surface area contributed by atoms with Gasteiger partial charge in [-0.15, -0.1) is 0 Å². The van der Waals surface area contributed by atoms with Gasteiger partial charge in [0.2, 0.25) is 0 Å². The SMILES string of the molecule is C[C@H](NCc1ccn(-c2ccccc2)n1)[C@@H](C)n1cccn1. The lowest BCUT2D eigenvalue weighted by atomic mass is 10.1. The number of nitrogens with one attached hydrogen (secondary N) is 1. The minimum atomic E-state index is 0.297. The fourth-order valence-electron chi connectivity index (χ4n) is 2.37. The van der Waals surface area contributed by atoms with Crippen molar-refractivity contribution >= 4 is 0 Å². The molecule has 0 bridgehead atoms. The summed E-state index contributed by atoms with van der Waals surface area (Å²) < 4.78 is 3.87. The maximum atomic E-state index is 4.61. The fraction of sp³-hybridized carbons (Fsp3) is 0.294. The van der Waals surface area contributed by atoms with Crippen LogP contribution in [0.5, 0.6) is 0 Å². The van der Waals surface area contributed by atoms with Crippen LogP contribution in [-0.2, 0) is 6.54 Å². The normalized spacial score (nSPS) is 13.9. The minimum Gasteiger partial charge on any atom is -0.306 e. The molecule has 1 N–H and O–H groups in total. The van der Waals surface area contributed by atoms with E-state index in [-0.39, 0.29) is 0 Å². The molecule has 2 atom stereocenters. The molecule has 5 heteroatoms. The Balaban J connectivity index is 1.59. The Labute approximate surface area is 130 Å². The van der Waals surface area contributed by atoms with Crippen LogP contribution in [0.2, 0.25) is 0 Å². The summed E-state index contributed by atoms with van der Waals surface area (Å²) in [6.07, 6.45) is 5.80. The first-order chi connectivity index (χ1) is 10.7. The molecule has 0 radical (unpaired) electrons. The van der Waals surface area contributed by atoms with Crippen LogP contribution in [0.4, 0.5) is 0 Å². The molecule has 0 aliphatic rings. The van der Waals surface area contributed by atoms with Crippen LogP contribution in [0.3, 0.4) is 0 Å². The van der Waals surface area contributed by atoms with Crippen molar-refractivity contribution in [3.05, 3.63) is 66.7 Å². The van der Waals surface area contributed by atoms with Gasteiger partial charge in [-0.25, -0.2) is 4.68 Å². The zero-order valence-electron chi connectivity index (χ0n) is 12.9. The molecule has 0 fully saturated rings. The lowest BCUT2D eigenvalue weighted by Crippen LogP contribution is -2.33. The number of nitrogens with zero attached hydrogens (tertiary/aromatic N) is 4. The average molecular weight is 295 g/mol. The minimum absolute atomic E-state index is 0.297. The molecule has 0 aliphatic carbocycles. The molecule has 0 unspecified atom stereocenters. The van der Waals surface area contributed by atoms with Crippen LogP contribution in [0.25, 0.3) is 5.69 Å². The first kappa shape index (κ1) is 14.5. The molecule has 0 amide bonds. The van der Waals surface area contributed by atoms with Crippen molar-refractivity contribution in [3.63, 3.8) is 0 Å². The highest BCUT2D eigenvalue weighted by Gasteiger charge is 2.14. The standard InChI is InChI=1S/C17H21N5/c1-14(15(2)21-11-6-10-19-21)18-13-16-9-12-22(20-16)17-7-4-3-5-8-17/h3-12,14-15,18H,13H2,1-2H3/t14-,15+/m0/s1. The van der Waals surface area contributed by atoms with E-state index in [2.05, 4.69) is 29.4 Å². The number of benzene rings is 1. The zero-order chi connectivity index (χ0) is 15.4. The zero-order valence-corrected chi connectivity index (χ0v) is 12.9. The molecular formula is C17H21N5. The predicted molar refractivity (Wildman–Crippen MR) is 86.8 cm³/mol. The Morgan fingerprint density at radius 3 is 2.59 bits per heavy atom. The van der Waals surface area contributed by atoms with Crippen molar-refractivity contribution in [2.75, 3.05) is 0 Å². The van der Waals surface area contributed by atoms with E-state index in [9.17, 15) is 0 Å². The van der Waals surface area contributed by atoms with Crippen LogP contribution in [0.15, 0.2) is 61.1 Å². The summed E-state index contributed by atoms with van der Waals surface area (Å²) in [6, 6.07) is 14.7. The molecule has 3 aromatic rings. The fourth-order valence-corrected chi connectivity index (χ4v) is 2.37. The molecule has 114 valence electrons. The number of hydrogen-bond donors (Lipinski definition) is 1. The van der Waals surface area contributed by atoms with Crippen molar-refractivity contribution in [1.82, 2.24) is 24.9 Å². The van der Waals surface area contributed by atoms with Gasteiger partial charge >= 0.3 is 0 Å². The molecule has 0 spiro atoms. The first-order valence-corrected chi connectivity index (χ1v) is 7.56. The summed E-state index contributed by atoms with van der Waals surface area (Å²) in [4.78, 5) is 0. The summed E-state index contributed by atoms with van der Waals surface area (Å²) in [5.74, 6) is 0. The third-order valence-corrected chi connectivity index (χ3v) is 3.94. The van der Waals surface area contributed by atoms with Gasteiger partial charge in [-0.05, 0) is 38.1 Å². The summed E-state index contributed by atoms with van der Waals surface area (Å²) in [7, 11) is 0. The van der Waals surface area contributed by atoms with E-state index in [1.165, 1.54) is 0 Å². The molecule has 0 aliphatic heterocycles. The largest absolute Gasteiger partial charge is 0.306 e. The highest BCUT2D eigenvalue weighted by molar-refractivity contribution is 5.30. The third kappa shape index (κ3) is 3.26. The van der Waals surface area contributed by atoms with Crippen LogP contribution in [0.1, 0.15) is 25.6 Å². The first-order valence-electron chi connectivity index (χ1n) is 7.56. The summed E-state index contributed by atoms with van der Waals surface area (Å²) in [5.41, 5.74) is 2.11. The summed E-state index contributed by atoms with van der Waals surface area (Å²) in [6.45, 7) is 5.07. The lowest BCUT2D eigenvalue weighted by molar-refractivity contribution is 0.363. The number of aromatic nitrogens is 4. The topological polar surface area (TPSA) is 47.7 Å². The van der Waals surface area contributed by atoms with Gasteiger partial charge in [0.15, 0.2) is 0 Å². The Hall–Kier alpha value is -2.40. The summed E-state index contributed by atoms with van der Waals surface area (Å²) in [5, 5.41) is 12.4. The van der Waals surface area contributed by atoms with E-state index in [1.807, 2.05) is 70.4 Å². The van der Waals surface area contributed by atoms with Gasteiger partial charge in [0.05, 0.1) is 17.4 Å². The Bertz CT molecular complexity index is 687. The van der Waals surface area contributed by atoms with E-state index in [1.54, 1.807) is 0 Å². The molecule has 3 rings (SSSR count). The Morgan fingerprint density at radius 1 is 1.05 bits per heavy atom. The Kier molecular flexibility index (Phi) is 4.34. The number of hydrogen-bond acceptors (Lipinski definition) is 3. The predicted octanol–water partition coefficient (Wildman–Crippen LogP) is 2.81. The van der Waals surface area contributed by atoms with Gasteiger partial charge in [0.25, 0.3) is 0 Å². The second-order valence-electron chi connectivity index (χ2n) is 5.48. The van der Waals surface area contributed by atoms with Crippen LogP contribution in [-0.4, -0.2) is 25.6 Å². The lowest BCUT2D eigenvalue weighted by Gasteiger charge is -2.21. The molecule has 0 saturated carbocycles. The van der Waals surface area contributed by atoms with Gasteiger partial charge in [-0.3, -0.25) is 4.68 Å². The monoisotopic (exact) mass is 295 g/mol. The maximum absolute atomic E-state index is 4.61. The van der Waals surface area contributed by atoms with Gasteiger partial charge in [-0.1, -0.05) is 18.2 Å².